The number of imide groups is 1. The number of hydrogen-bond donors (Lipinski definition) is 0. The van der Waals surface area contributed by atoms with Crippen LogP contribution in [0.15, 0.2) is 65.6 Å². The maximum atomic E-state index is 14.0. The number of carbonyl (C=O) groups excluding carboxylic acids is 2. The van der Waals surface area contributed by atoms with E-state index in [1.165, 1.54) is 18.2 Å². The lowest BCUT2D eigenvalue weighted by molar-refractivity contribution is -0.123. The Labute approximate surface area is 219 Å². The van der Waals surface area contributed by atoms with Gasteiger partial charge < -0.3 is 9.47 Å². The summed E-state index contributed by atoms with van der Waals surface area (Å²) in [5, 5.41) is -0.455. The number of amides is 2. The minimum absolute atomic E-state index is 0.132. The van der Waals surface area contributed by atoms with E-state index in [0.29, 0.717) is 23.7 Å². The van der Waals surface area contributed by atoms with E-state index >= 15 is 0 Å². The summed E-state index contributed by atoms with van der Waals surface area (Å²) >= 11 is 2.92. The SMILES string of the molecule is CCOc1cc(/C=C2\SC(=O)N(Cc3ccccc3F)C2=O)cc(I)c1OCc1ccc(F)cc1. The predicted octanol–water partition coefficient (Wildman–Crippen LogP) is 6.78. The molecule has 0 atom stereocenters. The minimum Gasteiger partial charge on any atom is -0.490 e. The molecule has 1 aliphatic heterocycles. The zero-order valence-corrected chi connectivity index (χ0v) is 21.6. The van der Waals surface area contributed by atoms with E-state index in [2.05, 4.69) is 22.6 Å². The van der Waals surface area contributed by atoms with Crippen LogP contribution in [0.2, 0.25) is 0 Å². The predicted molar refractivity (Wildman–Crippen MR) is 139 cm³/mol. The zero-order valence-electron chi connectivity index (χ0n) is 18.6. The van der Waals surface area contributed by atoms with Gasteiger partial charge in [-0.15, -0.1) is 0 Å². The Kier molecular flexibility index (Phi) is 8.07. The fraction of sp³-hybridized carbons (Fsp3) is 0.154. The fourth-order valence-corrected chi connectivity index (χ4v) is 5.01. The molecule has 1 fully saturated rings. The third-order valence-corrected chi connectivity index (χ3v) is 6.79. The number of halogens is 3. The molecule has 0 N–H and O–H groups in total. The molecule has 0 saturated carbocycles. The average Bonchev–Trinajstić information content (AvgIpc) is 3.08. The van der Waals surface area contributed by atoms with E-state index in [1.807, 2.05) is 13.0 Å². The Bertz CT molecular complexity index is 1300. The van der Waals surface area contributed by atoms with Crippen LogP contribution >= 0.6 is 34.4 Å². The number of benzene rings is 3. The normalized spacial score (nSPS) is 14.6. The molecule has 2 amide bonds. The molecule has 9 heteroatoms. The fourth-order valence-electron chi connectivity index (χ4n) is 3.40. The van der Waals surface area contributed by atoms with Crippen molar-refractivity contribution < 1.29 is 27.8 Å². The Morgan fingerprint density at radius 2 is 1.77 bits per heavy atom. The summed E-state index contributed by atoms with van der Waals surface area (Å²) in [7, 11) is 0. The minimum atomic E-state index is -0.479. The van der Waals surface area contributed by atoms with Gasteiger partial charge in [-0.25, -0.2) is 8.78 Å². The first kappa shape index (κ1) is 25.2. The van der Waals surface area contributed by atoms with Crippen molar-refractivity contribution in [3.63, 3.8) is 0 Å². The topological polar surface area (TPSA) is 55.8 Å². The molecule has 1 aliphatic rings. The summed E-state index contributed by atoms with van der Waals surface area (Å²) in [5.74, 6) is -0.253. The maximum absolute atomic E-state index is 14.0. The van der Waals surface area contributed by atoms with Crippen molar-refractivity contribution in [2.45, 2.75) is 20.1 Å². The third kappa shape index (κ3) is 6.02. The van der Waals surface area contributed by atoms with E-state index in [1.54, 1.807) is 42.5 Å². The summed E-state index contributed by atoms with van der Waals surface area (Å²) in [6.45, 7) is 2.33. The van der Waals surface area contributed by atoms with Gasteiger partial charge in [-0.05, 0) is 88.8 Å². The van der Waals surface area contributed by atoms with Crippen molar-refractivity contribution >= 4 is 51.6 Å². The molecule has 0 bridgehead atoms. The van der Waals surface area contributed by atoms with Crippen molar-refractivity contribution in [1.82, 2.24) is 4.90 Å². The molecule has 5 nitrogen and oxygen atoms in total. The van der Waals surface area contributed by atoms with Crippen LogP contribution in [0.1, 0.15) is 23.6 Å². The first-order valence-electron chi connectivity index (χ1n) is 10.7. The van der Waals surface area contributed by atoms with Gasteiger partial charge in [0.2, 0.25) is 0 Å². The first-order chi connectivity index (χ1) is 16.9. The lowest BCUT2D eigenvalue weighted by Crippen LogP contribution is -2.27. The highest BCUT2D eigenvalue weighted by Crippen LogP contribution is 2.38. The molecule has 0 aliphatic carbocycles. The van der Waals surface area contributed by atoms with Crippen molar-refractivity contribution in [1.29, 1.82) is 0 Å². The zero-order chi connectivity index (χ0) is 24.9. The van der Waals surface area contributed by atoms with E-state index in [0.717, 1.165) is 25.8 Å². The largest absolute Gasteiger partial charge is 0.490 e. The Balaban J connectivity index is 1.55. The number of nitrogens with zero attached hydrogens (tertiary/aromatic N) is 1. The quantitative estimate of drug-likeness (QED) is 0.209. The van der Waals surface area contributed by atoms with Gasteiger partial charge in [-0.2, -0.15) is 0 Å². The van der Waals surface area contributed by atoms with Gasteiger partial charge in [0, 0.05) is 5.56 Å². The Morgan fingerprint density at radius 1 is 1.03 bits per heavy atom. The summed E-state index contributed by atoms with van der Waals surface area (Å²) in [4.78, 5) is 26.6. The van der Waals surface area contributed by atoms with Crippen LogP contribution in [0.25, 0.3) is 6.08 Å². The standard InChI is InChI=1S/C26H20F2INO4S/c1-2-33-22-12-17(11-21(29)24(22)34-15-16-7-9-19(27)10-8-16)13-23-25(31)30(26(32)35-23)14-18-5-3-4-6-20(18)28/h3-13H,2,14-15H2,1H3/b23-13-. The monoisotopic (exact) mass is 607 g/mol. The molecule has 0 spiro atoms. The van der Waals surface area contributed by atoms with E-state index in [9.17, 15) is 18.4 Å². The number of carbonyl (C=O) groups is 2. The number of hydrogen-bond acceptors (Lipinski definition) is 5. The highest BCUT2D eigenvalue weighted by atomic mass is 127. The molecule has 1 saturated heterocycles. The summed E-state index contributed by atoms with van der Waals surface area (Å²) in [6, 6.07) is 15.6. The smallest absolute Gasteiger partial charge is 0.293 e. The molecule has 1 heterocycles. The molecule has 0 unspecified atom stereocenters. The summed E-state index contributed by atoms with van der Waals surface area (Å²) < 4.78 is 39.6. The Hall–Kier alpha value is -2.92. The summed E-state index contributed by atoms with van der Waals surface area (Å²) in [6.07, 6.45) is 1.61. The van der Waals surface area contributed by atoms with E-state index in [-0.39, 0.29) is 29.4 Å². The molecular weight excluding hydrogens is 587 g/mol. The molecule has 0 aromatic heterocycles. The molecule has 180 valence electrons. The van der Waals surface area contributed by atoms with Crippen LogP contribution in [0.4, 0.5) is 13.6 Å². The second kappa shape index (κ2) is 11.2. The van der Waals surface area contributed by atoms with Gasteiger partial charge in [0.1, 0.15) is 18.2 Å². The van der Waals surface area contributed by atoms with Crippen LogP contribution in [0, 0.1) is 15.2 Å². The van der Waals surface area contributed by atoms with Gasteiger partial charge in [0.15, 0.2) is 11.5 Å². The molecule has 3 aromatic carbocycles. The molecule has 4 rings (SSSR count). The number of ether oxygens (including phenoxy) is 2. The number of thioether (sulfide) groups is 1. The molecular formula is C26H20F2INO4S. The van der Waals surface area contributed by atoms with Crippen LogP contribution in [0.5, 0.6) is 11.5 Å². The van der Waals surface area contributed by atoms with E-state index < -0.39 is 17.0 Å². The lowest BCUT2D eigenvalue weighted by atomic mass is 10.1. The van der Waals surface area contributed by atoms with E-state index in [4.69, 9.17) is 9.47 Å². The van der Waals surface area contributed by atoms with Crippen molar-refractivity contribution in [3.05, 3.63) is 97.5 Å². The van der Waals surface area contributed by atoms with Crippen LogP contribution in [0.3, 0.4) is 0 Å². The van der Waals surface area contributed by atoms with Gasteiger partial charge in [0.25, 0.3) is 11.1 Å². The van der Waals surface area contributed by atoms with Gasteiger partial charge in [-0.1, -0.05) is 30.3 Å². The van der Waals surface area contributed by atoms with Crippen molar-refractivity contribution in [2.75, 3.05) is 6.61 Å². The highest BCUT2D eigenvalue weighted by Gasteiger charge is 2.35. The molecule has 35 heavy (non-hydrogen) atoms. The second-order valence-corrected chi connectivity index (χ2v) is 9.69. The number of rotatable bonds is 8. The first-order valence-corrected chi connectivity index (χ1v) is 12.6. The average molecular weight is 607 g/mol. The van der Waals surface area contributed by atoms with Crippen LogP contribution < -0.4 is 9.47 Å². The van der Waals surface area contributed by atoms with Gasteiger partial charge in [-0.3, -0.25) is 14.5 Å². The second-order valence-electron chi connectivity index (χ2n) is 7.54. The molecule has 0 radical (unpaired) electrons. The van der Waals surface area contributed by atoms with Gasteiger partial charge in [0.05, 0.1) is 21.6 Å². The molecule has 3 aromatic rings. The van der Waals surface area contributed by atoms with Crippen LogP contribution in [-0.4, -0.2) is 22.7 Å². The third-order valence-electron chi connectivity index (χ3n) is 5.09. The van der Waals surface area contributed by atoms with Crippen molar-refractivity contribution in [3.8, 4) is 11.5 Å². The van der Waals surface area contributed by atoms with Gasteiger partial charge >= 0.3 is 0 Å². The summed E-state index contributed by atoms with van der Waals surface area (Å²) in [5.41, 5.74) is 1.73. The maximum Gasteiger partial charge on any atom is 0.293 e. The van der Waals surface area contributed by atoms with Crippen LogP contribution in [-0.2, 0) is 17.9 Å². The lowest BCUT2D eigenvalue weighted by Gasteiger charge is -2.15. The highest BCUT2D eigenvalue weighted by molar-refractivity contribution is 14.1. The van der Waals surface area contributed by atoms with Crippen molar-refractivity contribution in [2.24, 2.45) is 0 Å². The Morgan fingerprint density at radius 3 is 2.49 bits per heavy atom.